The molecule has 1 aliphatic heterocycles. The molecule has 106 valence electrons. The molecular formula is C12H10F2N2O4. The summed E-state index contributed by atoms with van der Waals surface area (Å²) in [7, 11) is 0. The highest BCUT2D eigenvalue weighted by Gasteiger charge is 2.27. The smallest absolute Gasteiger partial charge is 0.387 e. The molecule has 1 aromatic rings. The molecule has 20 heavy (non-hydrogen) atoms. The van der Waals surface area contributed by atoms with Gasteiger partial charge in [0, 0.05) is 5.56 Å². The molecule has 1 N–H and O–H groups in total. The predicted octanol–water partition coefficient (Wildman–Crippen LogP) is 0.387. The number of nitrogens with one attached hydrogen (secondary N) is 1. The van der Waals surface area contributed by atoms with Gasteiger partial charge < -0.3 is 9.64 Å². The third-order valence-electron chi connectivity index (χ3n) is 2.56. The highest BCUT2D eigenvalue weighted by Crippen LogP contribution is 2.16. The van der Waals surface area contributed by atoms with Gasteiger partial charge in [0.05, 0.1) is 0 Å². The monoisotopic (exact) mass is 284 g/mol. The highest BCUT2D eigenvalue weighted by atomic mass is 19.3. The first-order valence-electron chi connectivity index (χ1n) is 5.62. The number of hydrogen-bond donors (Lipinski definition) is 1. The van der Waals surface area contributed by atoms with Crippen LogP contribution in [-0.2, 0) is 9.59 Å². The Bertz CT molecular complexity index is 529. The standard InChI is InChI=1S/C12H10F2N2O4/c13-12(14)20-8-3-1-7(2-4-8)11(19)16-5-9(17)15-10(18)6-16/h1-4,12H,5-6H2,(H,15,17,18). The van der Waals surface area contributed by atoms with E-state index < -0.39 is 24.3 Å². The van der Waals surface area contributed by atoms with Gasteiger partial charge in [-0.25, -0.2) is 0 Å². The van der Waals surface area contributed by atoms with Crippen molar-refractivity contribution in [2.24, 2.45) is 0 Å². The zero-order valence-electron chi connectivity index (χ0n) is 10.1. The second kappa shape index (κ2) is 5.64. The molecule has 3 amide bonds. The van der Waals surface area contributed by atoms with Crippen LogP contribution in [0, 0.1) is 0 Å². The van der Waals surface area contributed by atoms with E-state index in [0.717, 1.165) is 4.90 Å². The van der Waals surface area contributed by atoms with Gasteiger partial charge in [-0.15, -0.1) is 0 Å². The van der Waals surface area contributed by atoms with Gasteiger partial charge in [0.15, 0.2) is 0 Å². The molecule has 0 radical (unpaired) electrons. The lowest BCUT2D eigenvalue weighted by molar-refractivity contribution is -0.135. The summed E-state index contributed by atoms with van der Waals surface area (Å²) in [6.07, 6.45) is 0. The van der Waals surface area contributed by atoms with Gasteiger partial charge in [0.2, 0.25) is 11.8 Å². The predicted molar refractivity (Wildman–Crippen MR) is 62.1 cm³/mol. The van der Waals surface area contributed by atoms with Crippen LogP contribution >= 0.6 is 0 Å². The Kier molecular flexibility index (Phi) is 3.92. The second-order valence-corrected chi connectivity index (χ2v) is 4.04. The average Bonchev–Trinajstić information content (AvgIpc) is 2.37. The van der Waals surface area contributed by atoms with E-state index in [-0.39, 0.29) is 24.4 Å². The minimum absolute atomic E-state index is 0.0796. The van der Waals surface area contributed by atoms with Gasteiger partial charge >= 0.3 is 6.61 Å². The maximum Gasteiger partial charge on any atom is 0.387 e. The van der Waals surface area contributed by atoms with Gasteiger partial charge in [-0.1, -0.05) is 0 Å². The Balaban J connectivity index is 2.09. The summed E-state index contributed by atoms with van der Waals surface area (Å²) in [4.78, 5) is 35.4. The van der Waals surface area contributed by atoms with Crippen molar-refractivity contribution in [2.45, 2.75) is 6.61 Å². The maximum atomic E-state index is 12.0. The van der Waals surface area contributed by atoms with Crippen LogP contribution in [0.1, 0.15) is 10.4 Å². The first-order valence-corrected chi connectivity index (χ1v) is 5.62. The van der Waals surface area contributed by atoms with E-state index in [1.165, 1.54) is 24.3 Å². The molecule has 0 spiro atoms. The molecule has 0 atom stereocenters. The second-order valence-electron chi connectivity index (χ2n) is 4.04. The number of ether oxygens (including phenoxy) is 1. The van der Waals surface area contributed by atoms with Crippen LogP contribution in [0.2, 0.25) is 0 Å². The van der Waals surface area contributed by atoms with E-state index in [1.807, 2.05) is 0 Å². The van der Waals surface area contributed by atoms with Crippen LogP contribution in [0.25, 0.3) is 0 Å². The number of piperazine rings is 1. The number of rotatable bonds is 3. The van der Waals surface area contributed by atoms with Gasteiger partial charge in [0.25, 0.3) is 5.91 Å². The quantitative estimate of drug-likeness (QED) is 0.815. The number of carbonyl (C=O) groups excluding carboxylic acids is 3. The Labute approximate surface area is 112 Å². The highest BCUT2D eigenvalue weighted by molar-refractivity contribution is 6.05. The zero-order valence-corrected chi connectivity index (χ0v) is 10.1. The van der Waals surface area contributed by atoms with E-state index >= 15 is 0 Å². The van der Waals surface area contributed by atoms with E-state index in [2.05, 4.69) is 10.1 Å². The summed E-state index contributed by atoms with van der Waals surface area (Å²) < 4.78 is 28.1. The number of alkyl halides is 2. The van der Waals surface area contributed by atoms with Crippen LogP contribution in [0.15, 0.2) is 24.3 Å². The molecule has 0 aliphatic carbocycles. The lowest BCUT2D eigenvalue weighted by Gasteiger charge is -2.25. The van der Waals surface area contributed by atoms with Crippen molar-refractivity contribution >= 4 is 17.7 Å². The topological polar surface area (TPSA) is 75.7 Å². The van der Waals surface area contributed by atoms with Crippen molar-refractivity contribution in [3.8, 4) is 5.75 Å². The summed E-state index contributed by atoms with van der Waals surface area (Å²) >= 11 is 0. The van der Waals surface area contributed by atoms with Crippen molar-refractivity contribution < 1.29 is 27.9 Å². The van der Waals surface area contributed by atoms with Crippen LogP contribution in [0.4, 0.5) is 8.78 Å². The molecule has 2 rings (SSSR count). The maximum absolute atomic E-state index is 12.0. The van der Waals surface area contributed by atoms with Crippen LogP contribution in [0.3, 0.4) is 0 Å². The number of hydrogen-bond acceptors (Lipinski definition) is 4. The van der Waals surface area contributed by atoms with Crippen molar-refractivity contribution in [2.75, 3.05) is 13.1 Å². The van der Waals surface area contributed by atoms with Gasteiger partial charge in [-0.3, -0.25) is 19.7 Å². The summed E-state index contributed by atoms with van der Waals surface area (Å²) in [5.74, 6) is -1.74. The average molecular weight is 284 g/mol. The Hall–Kier alpha value is -2.51. The number of nitrogens with zero attached hydrogens (tertiary/aromatic N) is 1. The zero-order chi connectivity index (χ0) is 14.7. The summed E-state index contributed by atoms with van der Waals surface area (Å²) in [5, 5.41) is 2.07. The van der Waals surface area contributed by atoms with E-state index in [4.69, 9.17) is 0 Å². The molecule has 6 nitrogen and oxygen atoms in total. The molecule has 0 saturated carbocycles. The summed E-state index contributed by atoms with van der Waals surface area (Å²) in [6, 6.07) is 5.00. The largest absolute Gasteiger partial charge is 0.435 e. The first kappa shape index (κ1) is 13.9. The molecule has 0 aromatic heterocycles. The lowest BCUT2D eigenvalue weighted by Crippen LogP contribution is -2.53. The SMILES string of the molecule is O=C1CN(C(=O)c2ccc(OC(F)F)cc2)CC(=O)N1. The molecule has 1 fully saturated rings. The van der Waals surface area contributed by atoms with Gasteiger partial charge in [0.1, 0.15) is 18.8 Å². The molecule has 1 saturated heterocycles. The van der Waals surface area contributed by atoms with Crippen molar-refractivity contribution in [1.82, 2.24) is 10.2 Å². The Morgan fingerprint density at radius 2 is 1.70 bits per heavy atom. The number of halogens is 2. The number of benzene rings is 1. The molecular weight excluding hydrogens is 274 g/mol. The van der Waals surface area contributed by atoms with E-state index in [1.54, 1.807) is 0 Å². The van der Waals surface area contributed by atoms with Crippen molar-refractivity contribution in [3.63, 3.8) is 0 Å². The van der Waals surface area contributed by atoms with Crippen LogP contribution in [0.5, 0.6) is 5.75 Å². The number of imide groups is 1. The molecule has 1 heterocycles. The fraction of sp³-hybridized carbons (Fsp3) is 0.250. The molecule has 0 bridgehead atoms. The van der Waals surface area contributed by atoms with Crippen LogP contribution < -0.4 is 10.1 Å². The molecule has 8 heteroatoms. The normalized spacial score (nSPS) is 15.2. The number of carbonyl (C=O) groups is 3. The first-order chi connectivity index (χ1) is 9.45. The summed E-state index contributed by atoms with van der Waals surface area (Å²) in [5.41, 5.74) is 0.175. The fourth-order valence-electron chi connectivity index (χ4n) is 1.74. The third-order valence-corrected chi connectivity index (χ3v) is 2.56. The minimum Gasteiger partial charge on any atom is -0.435 e. The van der Waals surface area contributed by atoms with Crippen molar-refractivity contribution in [3.05, 3.63) is 29.8 Å². The van der Waals surface area contributed by atoms with Gasteiger partial charge in [-0.05, 0) is 24.3 Å². The molecule has 0 unspecified atom stereocenters. The van der Waals surface area contributed by atoms with Crippen LogP contribution in [-0.4, -0.2) is 42.3 Å². The Morgan fingerprint density at radius 1 is 1.15 bits per heavy atom. The molecule has 1 aromatic carbocycles. The Morgan fingerprint density at radius 3 is 2.20 bits per heavy atom. The van der Waals surface area contributed by atoms with E-state index in [0.29, 0.717) is 0 Å². The fourth-order valence-corrected chi connectivity index (χ4v) is 1.74. The van der Waals surface area contributed by atoms with Crippen molar-refractivity contribution in [1.29, 1.82) is 0 Å². The number of amides is 3. The lowest BCUT2D eigenvalue weighted by atomic mass is 10.1. The third kappa shape index (κ3) is 3.28. The minimum atomic E-state index is -2.94. The van der Waals surface area contributed by atoms with E-state index in [9.17, 15) is 23.2 Å². The summed E-state index contributed by atoms with van der Waals surface area (Å²) in [6.45, 7) is -3.39. The van der Waals surface area contributed by atoms with Gasteiger partial charge in [-0.2, -0.15) is 8.78 Å². The molecule has 1 aliphatic rings.